The number of nitrogens with one attached hydrogen (secondary N) is 1. The lowest BCUT2D eigenvalue weighted by Crippen LogP contribution is -2.61. The number of carbonyl (C=O) groups is 1. The number of hydrogen-bond donors (Lipinski definition) is 1. The van der Waals surface area contributed by atoms with Crippen molar-refractivity contribution in [3.63, 3.8) is 0 Å². The predicted octanol–water partition coefficient (Wildman–Crippen LogP) is 4.50. The molecule has 0 aliphatic carbocycles. The molecule has 0 saturated heterocycles. The van der Waals surface area contributed by atoms with Crippen LogP contribution < -0.4 is 15.0 Å². The molecule has 146 valence electrons. The van der Waals surface area contributed by atoms with E-state index in [2.05, 4.69) is 48.3 Å². The zero-order valence-electron chi connectivity index (χ0n) is 17.2. The lowest BCUT2D eigenvalue weighted by molar-refractivity contribution is -0.121. The molecular weight excluding hydrogens is 348 g/mol. The fraction of sp³-hybridized carbons (Fsp3) is 0.375. The van der Waals surface area contributed by atoms with E-state index in [0.717, 1.165) is 17.0 Å². The molecule has 0 unspecified atom stereocenters. The number of carbonyl (C=O) groups excluding carboxylic acids is 1. The molecule has 1 spiro atoms. The van der Waals surface area contributed by atoms with E-state index in [1.54, 1.807) is 0 Å². The fourth-order valence-electron chi connectivity index (χ4n) is 4.35. The van der Waals surface area contributed by atoms with Crippen molar-refractivity contribution in [1.29, 1.82) is 0 Å². The van der Waals surface area contributed by atoms with Crippen LogP contribution in [0.25, 0.3) is 6.08 Å². The lowest BCUT2D eigenvalue weighted by atomic mass is 9.76. The lowest BCUT2D eigenvalue weighted by Gasteiger charge is -2.47. The van der Waals surface area contributed by atoms with E-state index in [1.165, 1.54) is 5.56 Å². The van der Waals surface area contributed by atoms with E-state index >= 15 is 0 Å². The SMILES string of the molecule is CC(C)(C)NC(=O)CN1c2ccccc2C(C)(C)[C@@]12C=Cc1ccccc1O2. The van der Waals surface area contributed by atoms with Gasteiger partial charge in [0.1, 0.15) is 12.3 Å². The summed E-state index contributed by atoms with van der Waals surface area (Å²) in [5.41, 5.74) is 1.90. The Morgan fingerprint density at radius 2 is 1.75 bits per heavy atom. The van der Waals surface area contributed by atoms with Gasteiger partial charge in [-0.05, 0) is 64.5 Å². The average Bonchev–Trinajstić information content (AvgIpc) is 2.79. The van der Waals surface area contributed by atoms with E-state index in [0.29, 0.717) is 0 Å². The third kappa shape index (κ3) is 2.79. The number of ether oxygens (including phenoxy) is 1. The molecule has 2 aromatic rings. The van der Waals surface area contributed by atoms with Crippen LogP contribution in [0.3, 0.4) is 0 Å². The first-order chi connectivity index (χ1) is 13.1. The number of fused-ring (bicyclic) bond motifs is 2. The number of amides is 1. The summed E-state index contributed by atoms with van der Waals surface area (Å²) in [7, 11) is 0. The molecule has 1 atom stereocenters. The van der Waals surface area contributed by atoms with Gasteiger partial charge < -0.3 is 15.0 Å². The zero-order chi connectivity index (χ0) is 20.2. The number of para-hydroxylation sites is 2. The van der Waals surface area contributed by atoms with Crippen molar-refractivity contribution in [1.82, 2.24) is 5.32 Å². The highest BCUT2D eigenvalue weighted by Crippen LogP contribution is 2.54. The maximum atomic E-state index is 12.9. The normalized spacial score (nSPS) is 21.8. The Morgan fingerprint density at radius 1 is 1.07 bits per heavy atom. The van der Waals surface area contributed by atoms with Crippen molar-refractivity contribution in [2.45, 2.75) is 51.3 Å². The second-order valence-corrected chi connectivity index (χ2v) is 9.20. The molecule has 28 heavy (non-hydrogen) atoms. The van der Waals surface area contributed by atoms with Crippen molar-refractivity contribution < 1.29 is 9.53 Å². The van der Waals surface area contributed by atoms with Gasteiger partial charge in [0.05, 0.1) is 5.41 Å². The van der Waals surface area contributed by atoms with Crippen LogP contribution >= 0.6 is 0 Å². The fourth-order valence-corrected chi connectivity index (χ4v) is 4.35. The quantitative estimate of drug-likeness (QED) is 0.839. The Labute approximate surface area is 167 Å². The van der Waals surface area contributed by atoms with E-state index < -0.39 is 5.72 Å². The zero-order valence-corrected chi connectivity index (χ0v) is 17.2. The van der Waals surface area contributed by atoms with Crippen LogP contribution in [0.1, 0.15) is 45.7 Å². The van der Waals surface area contributed by atoms with Crippen LogP contribution in [0, 0.1) is 0 Å². The average molecular weight is 377 g/mol. The van der Waals surface area contributed by atoms with E-state index in [9.17, 15) is 4.79 Å². The van der Waals surface area contributed by atoms with Crippen LogP contribution in [0.5, 0.6) is 5.75 Å². The first-order valence-corrected chi connectivity index (χ1v) is 9.79. The maximum Gasteiger partial charge on any atom is 0.240 e. The molecule has 1 N–H and O–H groups in total. The maximum absolute atomic E-state index is 12.9. The minimum absolute atomic E-state index is 0.0183. The summed E-state index contributed by atoms with van der Waals surface area (Å²) in [4.78, 5) is 15.0. The molecule has 4 rings (SSSR count). The van der Waals surface area contributed by atoms with Gasteiger partial charge in [0.25, 0.3) is 0 Å². The number of rotatable bonds is 2. The summed E-state index contributed by atoms with van der Waals surface area (Å²) >= 11 is 0. The molecule has 0 radical (unpaired) electrons. The Hall–Kier alpha value is -2.75. The van der Waals surface area contributed by atoms with E-state index in [1.807, 2.05) is 57.2 Å². The van der Waals surface area contributed by atoms with Gasteiger partial charge in [-0.3, -0.25) is 4.79 Å². The molecule has 0 fully saturated rings. The third-order valence-electron chi connectivity index (χ3n) is 5.65. The molecule has 1 amide bonds. The Morgan fingerprint density at radius 3 is 2.50 bits per heavy atom. The number of benzene rings is 2. The molecular formula is C24H28N2O2. The molecule has 0 bridgehead atoms. The van der Waals surface area contributed by atoms with Gasteiger partial charge in [-0.1, -0.05) is 36.4 Å². The van der Waals surface area contributed by atoms with Crippen LogP contribution in [-0.4, -0.2) is 23.7 Å². The highest BCUT2D eigenvalue weighted by atomic mass is 16.5. The summed E-state index contributed by atoms with van der Waals surface area (Å²) in [5.74, 6) is 0.822. The Kier molecular flexibility index (Phi) is 4.07. The molecule has 2 aromatic carbocycles. The monoisotopic (exact) mass is 376 g/mol. The molecule has 4 heteroatoms. The summed E-state index contributed by atoms with van der Waals surface area (Å²) in [6.45, 7) is 10.6. The van der Waals surface area contributed by atoms with E-state index in [-0.39, 0.29) is 23.4 Å². The van der Waals surface area contributed by atoms with Gasteiger partial charge >= 0.3 is 0 Å². The van der Waals surface area contributed by atoms with E-state index in [4.69, 9.17) is 4.74 Å². The topological polar surface area (TPSA) is 41.6 Å². The standard InChI is InChI=1S/C24H28N2O2/c1-22(2,3)25-21(27)16-26-19-12-8-7-11-18(19)23(4,5)24(26)15-14-17-10-6-9-13-20(17)28-24/h6-15H,16H2,1-5H3,(H,25,27)/t24-/m0/s1. The molecule has 0 saturated carbocycles. The molecule has 0 aromatic heterocycles. The van der Waals surface area contributed by atoms with Crippen molar-refractivity contribution >= 4 is 17.7 Å². The van der Waals surface area contributed by atoms with Crippen LogP contribution in [0.4, 0.5) is 5.69 Å². The number of nitrogens with zero attached hydrogens (tertiary/aromatic N) is 1. The Balaban J connectivity index is 1.81. The minimum Gasteiger partial charge on any atom is -0.463 e. The van der Waals surface area contributed by atoms with Crippen molar-refractivity contribution in [3.05, 3.63) is 65.7 Å². The highest BCUT2D eigenvalue weighted by Gasteiger charge is 2.59. The summed E-state index contributed by atoms with van der Waals surface area (Å²) < 4.78 is 6.68. The number of anilines is 1. The summed E-state index contributed by atoms with van der Waals surface area (Å²) in [6.07, 6.45) is 4.22. The summed E-state index contributed by atoms with van der Waals surface area (Å²) in [6, 6.07) is 16.3. The van der Waals surface area contributed by atoms with Gasteiger partial charge in [-0.2, -0.15) is 0 Å². The summed E-state index contributed by atoms with van der Waals surface area (Å²) in [5, 5.41) is 3.09. The largest absolute Gasteiger partial charge is 0.463 e. The third-order valence-corrected chi connectivity index (χ3v) is 5.65. The Bertz CT molecular complexity index is 955. The first kappa shape index (κ1) is 18.6. The van der Waals surface area contributed by atoms with Crippen molar-refractivity contribution in [2.75, 3.05) is 11.4 Å². The van der Waals surface area contributed by atoms with Gasteiger partial charge in [0, 0.05) is 16.8 Å². The van der Waals surface area contributed by atoms with Crippen LogP contribution in [-0.2, 0) is 10.2 Å². The van der Waals surface area contributed by atoms with Crippen molar-refractivity contribution in [3.8, 4) is 5.75 Å². The van der Waals surface area contributed by atoms with Gasteiger partial charge in [-0.25, -0.2) is 0 Å². The highest BCUT2D eigenvalue weighted by molar-refractivity contribution is 5.85. The molecule has 2 aliphatic rings. The second kappa shape index (κ2) is 6.13. The van der Waals surface area contributed by atoms with Crippen molar-refractivity contribution in [2.24, 2.45) is 0 Å². The van der Waals surface area contributed by atoms with Gasteiger partial charge in [0.2, 0.25) is 11.6 Å². The smallest absolute Gasteiger partial charge is 0.240 e. The van der Waals surface area contributed by atoms with Crippen LogP contribution in [0.2, 0.25) is 0 Å². The molecule has 2 heterocycles. The second-order valence-electron chi connectivity index (χ2n) is 9.20. The molecule has 2 aliphatic heterocycles. The molecule has 4 nitrogen and oxygen atoms in total. The van der Waals surface area contributed by atoms with Gasteiger partial charge in [-0.15, -0.1) is 0 Å². The number of hydrogen-bond acceptors (Lipinski definition) is 3. The van der Waals surface area contributed by atoms with Crippen LogP contribution in [0.15, 0.2) is 54.6 Å². The van der Waals surface area contributed by atoms with Gasteiger partial charge in [0.15, 0.2) is 0 Å². The minimum atomic E-state index is -0.764. The first-order valence-electron chi connectivity index (χ1n) is 9.79. The predicted molar refractivity (Wildman–Crippen MR) is 114 cm³/mol.